The van der Waals surface area contributed by atoms with Gasteiger partial charge in [-0.2, -0.15) is 5.10 Å². The van der Waals surface area contributed by atoms with Gasteiger partial charge in [0.25, 0.3) is 0 Å². The number of amides is 1. The monoisotopic (exact) mass is 432 g/mol. The van der Waals surface area contributed by atoms with Crippen LogP contribution in [0.3, 0.4) is 0 Å². The van der Waals surface area contributed by atoms with E-state index in [1.807, 2.05) is 37.3 Å². The van der Waals surface area contributed by atoms with Crippen molar-refractivity contribution in [1.82, 2.24) is 5.43 Å². The third-order valence-electron chi connectivity index (χ3n) is 3.97. The highest BCUT2D eigenvalue weighted by atomic mass is 79.9. The van der Waals surface area contributed by atoms with Gasteiger partial charge in [0.15, 0.2) is 0 Å². The Morgan fingerprint density at radius 2 is 1.77 bits per heavy atom. The zero-order valence-electron chi connectivity index (χ0n) is 15.7. The lowest BCUT2D eigenvalue weighted by Crippen LogP contribution is -2.21. The summed E-state index contributed by atoms with van der Waals surface area (Å²) < 4.78 is 1.07. The van der Waals surface area contributed by atoms with Crippen LogP contribution in [-0.2, 0) is 16.0 Å². The lowest BCUT2D eigenvalue weighted by Gasteiger charge is -2.19. The molecule has 26 heavy (non-hydrogen) atoms. The van der Waals surface area contributed by atoms with E-state index in [-0.39, 0.29) is 11.3 Å². The number of hydrogen-bond donors (Lipinski definition) is 1. The summed E-state index contributed by atoms with van der Waals surface area (Å²) in [4.78, 5) is 12.0. The SMILES string of the molecule is C/C(=N/NC(=O)CSCc1ccccc1Br)c1ccc(C(C)(C)C)cc1. The predicted molar refractivity (Wildman–Crippen MR) is 116 cm³/mol. The first kappa shape index (κ1) is 20.7. The summed E-state index contributed by atoms with van der Waals surface area (Å²) in [6.45, 7) is 8.47. The van der Waals surface area contributed by atoms with Gasteiger partial charge in [0.05, 0.1) is 11.5 Å². The van der Waals surface area contributed by atoms with Gasteiger partial charge in [-0.05, 0) is 35.1 Å². The Hall–Kier alpha value is -1.59. The largest absolute Gasteiger partial charge is 0.272 e. The second-order valence-corrected chi connectivity index (χ2v) is 8.98. The molecule has 0 unspecified atom stereocenters. The van der Waals surface area contributed by atoms with Crippen molar-refractivity contribution >= 4 is 39.3 Å². The summed E-state index contributed by atoms with van der Waals surface area (Å²) >= 11 is 5.09. The summed E-state index contributed by atoms with van der Waals surface area (Å²) in [5.41, 5.74) is 7.05. The Labute approximate surface area is 168 Å². The molecule has 0 saturated carbocycles. The van der Waals surface area contributed by atoms with Gasteiger partial charge < -0.3 is 0 Å². The first-order valence-electron chi connectivity index (χ1n) is 8.52. The minimum absolute atomic E-state index is 0.0901. The maximum Gasteiger partial charge on any atom is 0.250 e. The minimum atomic E-state index is -0.0901. The highest BCUT2D eigenvalue weighted by Gasteiger charge is 2.13. The maximum absolute atomic E-state index is 12.0. The average molecular weight is 433 g/mol. The van der Waals surface area contributed by atoms with E-state index in [1.165, 1.54) is 11.1 Å². The third-order valence-corrected chi connectivity index (χ3v) is 5.72. The van der Waals surface area contributed by atoms with Crippen molar-refractivity contribution in [2.24, 2.45) is 5.10 Å². The number of halogens is 1. The van der Waals surface area contributed by atoms with Crippen LogP contribution in [-0.4, -0.2) is 17.4 Å². The first-order valence-corrected chi connectivity index (χ1v) is 10.5. The normalized spacial score (nSPS) is 12.1. The molecule has 0 aliphatic carbocycles. The standard InChI is InChI=1S/C21H25BrN2OS/c1-15(16-9-11-18(12-10-16)21(2,3)4)23-24-20(25)14-26-13-17-7-5-6-8-19(17)22/h5-12H,13-14H2,1-4H3,(H,24,25)/b23-15-. The molecule has 0 fully saturated rings. The number of benzene rings is 2. The molecule has 2 aromatic rings. The summed E-state index contributed by atoms with van der Waals surface area (Å²) in [5, 5.41) is 4.22. The van der Waals surface area contributed by atoms with Crippen LogP contribution in [0.2, 0.25) is 0 Å². The number of nitrogens with zero attached hydrogens (tertiary/aromatic N) is 1. The van der Waals surface area contributed by atoms with Gasteiger partial charge in [0, 0.05) is 10.2 Å². The number of hydrazone groups is 1. The van der Waals surface area contributed by atoms with Crippen molar-refractivity contribution < 1.29 is 4.79 Å². The Balaban J connectivity index is 1.84. The molecular formula is C21H25BrN2OS. The molecule has 138 valence electrons. The molecule has 1 amide bonds. The van der Waals surface area contributed by atoms with Crippen molar-refractivity contribution in [3.05, 3.63) is 69.7 Å². The number of hydrogen-bond acceptors (Lipinski definition) is 3. The number of nitrogens with one attached hydrogen (secondary N) is 1. The molecule has 3 nitrogen and oxygen atoms in total. The number of carbonyl (C=O) groups is 1. The van der Waals surface area contributed by atoms with E-state index in [9.17, 15) is 4.79 Å². The van der Waals surface area contributed by atoms with E-state index < -0.39 is 0 Å². The molecule has 1 N–H and O–H groups in total. The predicted octanol–water partition coefficient (Wildman–Crippen LogP) is 5.52. The first-order chi connectivity index (χ1) is 12.3. The second kappa shape index (κ2) is 9.38. The van der Waals surface area contributed by atoms with Gasteiger partial charge in [0.2, 0.25) is 5.91 Å². The van der Waals surface area contributed by atoms with Gasteiger partial charge in [-0.1, -0.05) is 79.2 Å². The van der Waals surface area contributed by atoms with Crippen molar-refractivity contribution in [2.75, 3.05) is 5.75 Å². The zero-order chi connectivity index (χ0) is 19.2. The van der Waals surface area contributed by atoms with Crippen LogP contribution in [0.15, 0.2) is 58.1 Å². The lowest BCUT2D eigenvalue weighted by atomic mass is 9.86. The van der Waals surface area contributed by atoms with Crippen molar-refractivity contribution in [3.63, 3.8) is 0 Å². The molecule has 2 aromatic carbocycles. The topological polar surface area (TPSA) is 41.5 Å². The fraction of sp³-hybridized carbons (Fsp3) is 0.333. The van der Waals surface area contributed by atoms with Gasteiger partial charge in [0.1, 0.15) is 0 Å². The van der Waals surface area contributed by atoms with E-state index in [2.05, 4.69) is 65.4 Å². The molecule has 0 spiro atoms. The molecule has 0 saturated heterocycles. The molecule has 0 atom stereocenters. The van der Waals surface area contributed by atoms with Gasteiger partial charge in [-0.25, -0.2) is 5.43 Å². The zero-order valence-corrected chi connectivity index (χ0v) is 18.1. The van der Waals surface area contributed by atoms with Crippen molar-refractivity contribution in [3.8, 4) is 0 Å². The van der Waals surface area contributed by atoms with Crippen LogP contribution in [0, 0.1) is 0 Å². The molecule has 0 aromatic heterocycles. The Morgan fingerprint density at radius 1 is 1.12 bits per heavy atom. The van der Waals surface area contributed by atoms with E-state index in [0.717, 1.165) is 21.5 Å². The van der Waals surface area contributed by atoms with Crippen LogP contribution in [0.25, 0.3) is 0 Å². The summed E-state index contributed by atoms with van der Waals surface area (Å²) in [7, 11) is 0. The van der Waals surface area contributed by atoms with Gasteiger partial charge in [-0.3, -0.25) is 4.79 Å². The number of thioether (sulfide) groups is 1. The minimum Gasteiger partial charge on any atom is -0.272 e. The van der Waals surface area contributed by atoms with Crippen LogP contribution < -0.4 is 5.43 Å². The molecule has 5 heteroatoms. The lowest BCUT2D eigenvalue weighted by molar-refractivity contribution is -0.118. The number of carbonyl (C=O) groups excluding carboxylic acids is 1. The van der Waals surface area contributed by atoms with E-state index in [1.54, 1.807) is 11.8 Å². The van der Waals surface area contributed by atoms with Gasteiger partial charge >= 0.3 is 0 Å². The number of rotatable bonds is 6. The Morgan fingerprint density at radius 3 is 2.38 bits per heavy atom. The van der Waals surface area contributed by atoms with E-state index in [0.29, 0.717) is 5.75 Å². The molecule has 0 heterocycles. The maximum atomic E-state index is 12.0. The average Bonchev–Trinajstić information content (AvgIpc) is 2.60. The fourth-order valence-electron chi connectivity index (χ4n) is 2.32. The van der Waals surface area contributed by atoms with Crippen molar-refractivity contribution in [2.45, 2.75) is 38.9 Å². The van der Waals surface area contributed by atoms with Crippen LogP contribution >= 0.6 is 27.7 Å². The van der Waals surface area contributed by atoms with Gasteiger partial charge in [-0.15, -0.1) is 11.8 Å². The Kier molecular flexibility index (Phi) is 7.47. The second-order valence-electron chi connectivity index (χ2n) is 7.14. The van der Waals surface area contributed by atoms with E-state index >= 15 is 0 Å². The molecule has 0 aliphatic heterocycles. The fourth-order valence-corrected chi connectivity index (χ4v) is 3.76. The van der Waals surface area contributed by atoms with Crippen molar-refractivity contribution in [1.29, 1.82) is 0 Å². The highest BCUT2D eigenvalue weighted by Crippen LogP contribution is 2.22. The Bertz CT molecular complexity index is 779. The molecule has 0 aliphatic rings. The van der Waals surface area contributed by atoms with Crippen LogP contribution in [0.5, 0.6) is 0 Å². The molecule has 0 radical (unpaired) electrons. The molecular weight excluding hydrogens is 408 g/mol. The van der Waals surface area contributed by atoms with E-state index in [4.69, 9.17) is 0 Å². The van der Waals surface area contributed by atoms with Crippen LogP contribution in [0.1, 0.15) is 44.4 Å². The smallest absolute Gasteiger partial charge is 0.250 e. The molecule has 0 bridgehead atoms. The quantitative estimate of drug-likeness (QED) is 0.482. The summed E-state index contributed by atoms with van der Waals surface area (Å²) in [5.74, 6) is 1.07. The van der Waals surface area contributed by atoms with Crippen LogP contribution in [0.4, 0.5) is 0 Å². The molecule has 2 rings (SSSR count). The summed E-state index contributed by atoms with van der Waals surface area (Å²) in [6.07, 6.45) is 0. The third kappa shape index (κ3) is 6.29. The highest BCUT2D eigenvalue weighted by molar-refractivity contribution is 9.10. The summed E-state index contributed by atoms with van der Waals surface area (Å²) in [6, 6.07) is 16.4.